The first-order valence-electron chi connectivity index (χ1n) is 3.74. The molecule has 1 N–H and O–H groups in total. The molecule has 1 heterocycles. The van der Waals surface area contributed by atoms with Crippen LogP contribution in [0.1, 0.15) is 6.92 Å². The van der Waals surface area contributed by atoms with E-state index in [2.05, 4.69) is 20.9 Å². The molecule has 0 amide bonds. The zero-order chi connectivity index (χ0) is 8.97. The lowest BCUT2D eigenvalue weighted by atomic mass is 10.5. The lowest BCUT2D eigenvalue weighted by Gasteiger charge is -2.17. The first-order chi connectivity index (χ1) is 5.77. The molecule has 12 heavy (non-hydrogen) atoms. The van der Waals surface area contributed by atoms with Crippen molar-refractivity contribution in [3.8, 4) is 0 Å². The quantitative estimate of drug-likeness (QED) is 0.885. The van der Waals surface area contributed by atoms with E-state index in [0.29, 0.717) is 6.54 Å². The van der Waals surface area contributed by atoms with Gasteiger partial charge in [-0.2, -0.15) is 0 Å². The highest BCUT2D eigenvalue weighted by Crippen LogP contribution is 2.22. The molecule has 0 atom stereocenters. The zero-order valence-electron chi connectivity index (χ0n) is 6.83. The van der Waals surface area contributed by atoms with Crippen molar-refractivity contribution in [1.82, 2.24) is 4.98 Å². The van der Waals surface area contributed by atoms with Crippen LogP contribution in [0.3, 0.4) is 0 Å². The highest BCUT2D eigenvalue weighted by atomic mass is 79.9. The van der Waals surface area contributed by atoms with Gasteiger partial charge in [-0.1, -0.05) is 0 Å². The minimum absolute atomic E-state index is 0.172. The maximum absolute atomic E-state index is 8.76. The molecule has 1 aromatic heterocycles. The summed E-state index contributed by atoms with van der Waals surface area (Å²) in [4.78, 5) is 6.29. The van der Waals surface area contributed by atoms with Crippen LogP contribution in [0, 0.1) is 0 Å². The van der Waals surface area contributed by atoms with Crippen LogP contribution in [0.15, 0.2) is 9.98 Å². The Balaban J connectivity index is 2.66. The molecule has 0 unspecified atom stereocenters. The first kappa shape index (κ1) is 9.95. The SMILES string of the molecule is CCN(CCO)c1nc(Br)cs1. The molecule has 1 aromatic rings. The van der Waals surface area contributed by atoms with Crippen molar-refractivity contribution >= 4 is 32.4 Å². The summed E-state index contributed by atoms with van der Waals surface area (Å²) in [6, 6.07) is 0. The lowest BCUT2D eigenvalue weighted by molar-refractivity contribution is 0.302. The number of likely N-dealkylation sites (N-methyl/N-ethyl adjacent to an activating group) is 1. The van der Waals surface area contributed by atoms with E-state index >= 15 is 0 Å². The molecule has 0 saturated heterocycles. The van der Waals surface area contributed by atoms with E-state index < -0.39 is 0 Å². The minimum Gasteiger partial charge on any atom is -0.395 e. The Hall–Kier alpha value is -0.130. The van der Waals surface area contributed by atoms with E-state index in [1.165, 1.54) is 0 Å². The van der Waals surface area contributed by atoms with Gasteiger partial charge in [-0.15, -0.1) is 11.3 Å². The van der Waals surface area contributed by atoms with Gasteiger partial charge >= 0.3 is 0 Å². The fourth-order valence-electron chi connectivity index (χ4n) is 0.900. The number of halogens is 1. The van der Waals surface area contributed by atoms with E-state index in [0.717, 1.165) is 16.3 Å². The molecule has 0 radical (unpaired) electrons. The normalized spacial score (nSPS) is 10.2. The molecule has 3 nitrogen and oxygen atoms in total. The summed E-state index contributed by atoms with van der Waals surface area (Å²) < 4.78 is 0.860. The number of anilines is 1. The Kier molecular flexibility index (Phi) is 3.97. The zero-order valence-corrected chi connectivity index (χ0v) is 9.23. The van der Waals surface area contributed by atoms with Crippen molar-refractivity contribution in [2.75, 3.05) is 24.6 Å². The van der Waals surface area contributed by atoms with Crippen LogP contribution in [0.25, 0.3) is 0 Å². The smallest absolute Gasteiger partial charge is 0.186 e. The molecule has 0 spiro atoms. The van der Waals surface area contributed by atoms with Gasteiger partial charge in [0, 0.05) is 18.5 Å². The second-order valence-corrected chi connectivity index (χ2v) is 3.91. The van der Waals surface area contributed by atoms with Crippen LogP contribution < -0.4 is 4.90 Å². The van der Waals surface area contributed by atoms with Gasteiger partial charge < -0.3 is 10.0 Å². The predicted octanol–water partition coefficient (Wildman–Crippen LogP) is 1.72. The Labute approximate surface area is 84.2 Å². The monoisotopic (exact) mass is 250 g/mol. The van der Waals surface area contributed by atoms with Gasteiger partial charge in [0.15, 0.2) is 5.13 Å². The lowest BCUT2D eigenvalue weighted by Crippen LogP contribution is -2.25. The Morgan fingerprint density at radius 3 is 2.92 bits per heavy atom. The number of hydrogen-bond acceptors (Lipinski definition) is 4. The fraction of sp³-hybridized carbons (Fsp3) is 0.571. The number of thiazole rings is 1. The van der Waals surface area contributed by atoms with E-state index in [1.807, 2.05) is 17.2 Å². The number of rotatable bonds is 4. The third-order valence-corrected chi connectivity index (χ3v) is 3.10. The third-order valence-electron chi connectivity index (χ3n) is 1.49. The summed E-state index contributed by atoms with van der Waals surface area (Å²) in [5.74, 6) is 0. The summed E-state index contributed by atoms with van der Waals surface area (Å²) in [6.45, 7) is 3.74. The average Bonchev–Trinajstić information content (AvgIpc) is 2.47. The molecule has 5 heteroatoms. The van der Waals surface area contributed by atoms with Crippen LogP contribution in [0.2, 0.25) is 0 Å². The van der Waals surface area contributed by atoms with Crippen LogP contribution >= 0.6 is 27.3 Å². The molecule has 68 valence electrons. The Morgan fingerprint density at radius 2 is 2.50 bits per heavy atom. The second-order valence-electron chi connectivity index (χ2n) is 2.26. The summed E-state index contributed by atoms with van der Waals surface area (Å²) in [6.07, 6.45) is 0. The average molecular weight is 251 g/mol. The number of aliphatic hydroxyl groups is 1. The van der Waals surface area contributed by atoms with Crippen molar-refractivity contribution in [1.29, 1.82) is 0 Å². The largest absolute Gasteiger partial charge is 0.395 e. The van der Waals surface area contributed by atoms with Crippen molar-refractivity contribution in [2.24, 2.45) is 0 Å². The van der Waals surface area contributed by atoms with Gasteiger partial charge in [0.05, 0.1) is 6.61 Å². The predicted molar refractivity (Wildman–Crippen MR) is 54.8 cm³/mol. The summed E-state index contributed by atoms with van der Waals surface area (Å²) in [5.41, 5.74) is 0. The highest BCUT2D eigenvalue weighted by molar-refractivity contribution is 9.10. The fourth-order valence-corrected chi connectivity index (χ4v) is 2.24. The Morgan fingerprint density at radius 1 is 1.75 bits per heavy atom. The van der Waals surface area contributed by atoms with Gasteiger partial charge in [0.25, 0.3) is 0 Å². The summed E-state index contributed by atoms with van der Waals surface area (Å²) in [5, 5.41) is 11.7. The first-order valence-corrected chi connectivity index (χ1v) is 5.42. The Bertz CT molecular complexity index is 241. The summed E-state index contributed by atoms with van der Waals surface area (Å²) >= 11 is 4.87. The molecule has 0 aliphatic heterocycles. The number of nitrogens with zero attached hydrogens (tertiary/aromatic N) is 2. The maximum Gasteiger partial charge on any atom is 0.186 e. The molecular formula is C7H11BrN2OS. The summed E-state index contributed by atoms with van der Waals surface area (Å²) in [7, 11) is 0. The van der Waals surface area contributed by atoms with Crippen LogP contribution in [-0.2, 0) is 0 Å². The van der Waals surface area contributed by atoms with Crippen LogP contribution in [0.5, 0.6) is 0 Å². The van der Waals surface area contributed by atoms with Gasteiger partial charge in [-0.05, 0) is 22.9 Å². The van der Waals surface area contributed by atoms with E-state index in [-0.39, 0.29) is 6.61 Å². The van der Waals surface area contributed by atoms with Crippen LogP contribution in [0.4, 0.5) is 5.13 Å². The van der Waals surface area contributed by atoms with Crippen molar-refractivity contribution in [2.45, 2.75) is 6.92 Å². The van der Waals surface area contributed by atoms with Gasteiger partial charge in [0.2, 0.25) is 0 Å². The number of aliphatic hydroxyl groups excluding tert-OH is 1. The van der Waals surface area contributed by atoms with E-state index in [4.69, 9.17) is 5.11 Å². The molecular weight excluding hydrogens is 240 g/mol. The van der Waals surface area contributed by atoms with Crippen molar-refractivity contribution in [3.05, 3.63) is 9.98 Å². The van der Waals surface area contributed by atoms with Crippen LogP contribution in [-0.4, -0.2) is 29.8 Å². The van der Waals surface area contributed by atoms with Gasteiger partial charge in [0.1, 0.15) is 4.60 Å². The molecule has 0 saturated carbocycles. The van der Waals surface area contributed by atoms with E-state index in [9.17, 15) is 0 Å². The van der Waals surface area contributed by atoms with Crippen molar-refractivity contribution in [3.63, 3.8) is 0 Å². The number of hydrogen-bond donors (Lipinski definition) is 1. The highest BCUT2D eigenvalue weighted by Gasteiger charge is 2.06. The molecule has 0 aliphatic rings. The van der Waals surface area contributed by atoms with Gasteiger partial charge in [-0.3, -0.25) is 0 Å². The second kappa shape index (κ2) is 4.79. The third kappa shape index (κ3) is 2.43. The molecule has 1 rings (SSSR count). The number of aromatic nitrogens is 1. The van der Waals surface area contributed by atoms with Crippen molar-refractivity contribution < 1.29 is 5.11 Å². The molecule has 0 bridgehead atoms. The molecule has 0 fully saturated rings. The maximum atomic E-state index is 8.76. The molecule has 0 aromatic carbocycles. The standard InChI is InChI=1S/C7H11BrN2OS/c1-2-10(3-4-11)7-9-6(8)5-12-7/h5,11H,2-4H2,1H3. The van der Waals surface area contributed by atoms with E-state index in [1.54, 1.807) is 11.3 Å². The topological polar surface area (TPSA) is 36.4 Å². The molecule has 0 aliphatic carbocycles. The van der Waals surface area contributed by atoms with Gasteiger partial charge in [-0.25, -0.2) is 4.98 Å². The minimum atomic E-state index is 0.172.